The number of rotatable bonds is 4. The summed E-state index contributed by atoms with van der Waals surface area (Å²) in [5.74, 6) is 1.24. The Labute approximate surface area is 161 Å². The van der Waals surface area contributed by atoms with Crippen molar-refractivity contribution in [3.05, 3.63) is 41.7 Å². The van der Waals surface area contributed by atoms with Crippen molar-refractivity contribution in [2.45, 2.75) is 12.8 Å². The van der Waals surface area contributed by atoms with Crippen LogP contribution in [0.3, 0.4) is 0 Å². The number of carbonyl (C=O) groups is 1. The number of aromatic nitrogens is 4. The second-order valence-electron chi connectivity index (χ2n) is 6.45. The molecule has 2 aromatic heterocycles. The number of methoxy groups -OCH3 is 1. The topological polar surface area (TPSA) is 84.6 Å². The second-order valence-corrected chi connectivity index (χ2v) is 6.86. The van der Waals surface area contributed by atoms with Crippen LogP contribution in [-0.4, -0.2) is 45.9 Å². The molecular formula is C18H19ClN6O2. The number of fused-ring (bicyclic) bond motifs is 1. The standard InChI is InChI=1S/C18H19ClN6O2/c1-27-15-5-4-13(9-14(15)19)21-18(26)12-3-2-8-24(10-12)17-7-6-16-22-20-11-25(16)23-17/h4-7,9,11-12H,2-3,8,10H2,1H3,(H,21,26)/t12-/m0/s1. The van der Waals surface area contributed by atoms with Gasteiger partial charge in [-0.2, -0.15) is 4.52 Å². The third-order valence-electron chi connectivity index (χ3n) is 4.68. The normalized spacial score (nSPS) is 17.1. The van der Waals surface area contributed by atoms with Crippen molar-refractivity contribution >= 4 is 34.7 Å². The summed E-state index contributed by atoms with van der Waals surface area (Å²) in [6.45, 7) is 1.47. The summed E-state index contributed by atoms with van der Waals surface area (Å²) in [6.07, 6.45) is 3.32. The van der Waals surface area contributed by atoms with Gasteiger partial charge in [-0.05, 0) is 43.2 Å². The molecule has 1 saturated heterocycles. The largest absolute Gasteiger partial charge is 0.495 e. The molecule has 1 atom stereocenters. The number of carbonyl (C=O) groups excluding carboxylic acids is 1. The summed E-state index contributed by atoms with van der Waals surface area (Å²) in [5.41, 5.74) is 1.35. The first-order chi connectivity index (χ1) is 13.1. The van der Waals surface area contributed by atoms with Crippen molar-refractivity contribution in [1.82, 2.24) is 19.8 Å². The number of amides is 1. The zero-order valence-corrected chi connectivity index (χ0v) is 15.6. The number of nitrogens with zero attached hydrogens (tertiary/aromatic N) is 5. The quantitative estimate of drug-likeness (QED) is 0.742. The van der Waals surface area contributed by atoms with Crippen molar-refractivity contribution in [2.24, 2.45) is 5.92 Å². The zero-order valence-electron chi connectivity index (χ0n) is 14.8. The molecule has 1 amide bonds. The third-order valence-corrected chi connectivity index (χ3v) is 4.98. The van der Waals surface area contributed by atoms with Gasteiger partial charge in [-0.1, -0.05) is 11.6 Å². The molecule has 0 radical (unpaired) electrons. The lowest BCUT2D eigenvalue weighted by Gasteiger charge is -2.32. The molecule has 1 aliphatic heterocycles. The highest BCUT2D eigenvalue weighted by molar-refractivity contribution is 6.32. The summed E-state index contributed by atoms with van der Waals surface area (Å²) in [4.78, 5) is 14.8. The minimum absolute atomic E-state index is 0.0219. The van der Waals surface area contributed by atoms with E-state index in [1.54, 1.807) is 36.2 Å². The Hall–Kier alpha value is -2.87. The summed E-state index contributed by atoms with van der Waals surface area (Å²) in [5, 5.41) is 15.7. The number of ether oxygens (including phenoxy) is 1. The van der Waals surface area contributed by atoms with E-state index in [4.69, 9.17) is 16.3 Å². The smallest absolute Gasteiger partial charge is 0.229 e. The van der Waals surface area contributed by atoms with Gasteiger partial charge in [0.25, 0.3) is 0 Å². The maximum Gasteiger partial charge on any atom is 0.229 e. The molecule has 0 unspecified atom stereocenters. The van der Waals surface area contributed by atoms with Crippen molar-refractivity contribution in [3.63, 3.8) is 0 Å². The van der Waals surface area contributed by atoms with Gasteiger partial charge in [-0.25, -0.2) is 0 Å². The van der Waals surface area contributed by atoms with Crippen molar-refractivity contribution in [1.29, 1.82) is 0 Å². The number of halogens is 1. The average Bonchev–Trinajstić information content (AvgIpc) is 3.16. The SMILES string of the molecule is COc1ccc(NC(=O)[C@H]2CCCN(c3ccc4nncn4n3)C2)cc1Cl. The first-order valence-electron chi connectivity index (χ1n) is 8.70. The van der Waals surface area contributed by atoms with Crippen molar-refractivity contribution < 1.29 is 9.53 Å². The number of hydrogen-bond acceptors (Lipinski definition) is 6. The Morgan fingerprint density at radius 2 is 2.22 bits per heavy atom. The van der Waals surface area contributed by atoms with Crippen molar-refractivity contribution in [2.75, 3.05) is 30.4 Å². The summed E-state index contributed by atoms with van der Waals surface area (Å²) in [6, 6.07) is 9.00. The minimum Gasteiger partial charge on any atom is -0.495 e. The predicted octanol–water partition coefficient (Wildman–Crippen LogP) is 2.64. The lowest BCUT2D eigenvalue weighted by Crippen LogP contribution is -2.41. The third kappa shape index (κ3) is 3.66. The van der Waals surface area contributed by atoms with Crippen LogP contribution in [0.25, 0.3) is 5.65 Å². The van der Waals surface area contributed by atoms with Crippen molar-refractivity contribution in [3.8, 4) is 5.75 Å². The molecule has 9 heteroatoms. The van der Waals surface area contributed by atoms with Gasteiger partial charge in [0.2, 0.25) is 5.91 Å². The summed E-state index contributed by atoms with van der Waals surface area (Å²) in [7, 11) is 1.56. The number of benzene rings is 1. The second kappa shape index (κ2) is 7.40. The number of hydrogen-bond donors (Lipinski definition) is 1. The Balaban J connectivity index is 1.45. The molecule has 140 valence electrons. The molecule has 3 aromatic rings. The van der Waals surface area contributed by atoms with Gasteiger partial charge in [-0.3, -0.25) is 4.79 Å². The van der Waals surface area contributed by atoms with Gasteiger partial charge < -0.3 is 15.0 Å². The van der Waals surface area contributed by atoms with E-state index in [0.29, 0.717) is 28.7 Å². The molecular weight excluding hydrogens is 368 g/mol. The van der Waals surface area contributed by atoms with E-state index >= 15 is 0 Å². The van der Waals surface area contributed by atoms with Crippen LogP contribution in [0.4, 0.5) is 11.5 Å². The van der Waals surface area contributed by atoms with Crippen LogP contribution in [0.2, 0.25) is 5.02 Å². The molecule has 0 aliphatic carbocycles. The number of anilines is 2. The molecule has 1 aliphatic rings. The average molecular weight is 387 g/mol. The Morgan fingerprint density at radius 3 is 3.04 bits per heavy atom. The highest BCUT2D eigenvalue weighted by Gasteiger charge is 2.27. The monoisotopic (exact) mass is 386 g/mol. The highest BCUT2D eigenvalue weighted by atomic mass is 35.5. The maximum absolute atomic E-state index is 12.7. The van der Waals surface area contributed by atoms with E-state index in [1.807, 2.05) is 12.1 Å². The first-order valence-corrected chi connectivity index (χ1v) is 9.08. The number of nitrogens with one attached hydrogen (secondary N) is 1. The fourth-order valence-corrected chi connectivity index (χ4v) is 3.53. The van der Waals surface area contributed by atoms with Crippen LogP contribution < -0.4 is 15.0 Å². The molecule has 8 nitrogen and oxygen atoms in total. The Bertz CT molecular complexity index is 975. The van der Waals surface area contributed by atoms with Crippen LogP contribution in [0, 0.1) is 5.92 Å². The Kier molecular flexibility index (Phi) is 4.81. The molecule has 0 bridgehead atoms. The van der Waals surface area contributed by atoms with Crippen LogP contribution in [0.15, 0.2) is 36.7 Å². The van der Waals surface area contributed by atoms with E-state index in [9.17, 15) is 4.79 Å². The Morgan fingerprint density at radius 1 is 1.33 bits per heavy atom. The molecule has 3 heterocycles. The van der Waals surface area contributed by atoms with Gasteiger partial charge in [-0.15, -0.1) is 15.3 Å². The van der Waals surface area contributed by atoms with Gasteiger partial charge in [0.05, 0.1) is 18.1 Å². The maximum atomic E-state index is 12.7. The van der Waals surface area contributed by atoms with Crippen LogP contribution in [0.1, 0.15) is 12.8 Å². The van der Waals surface area contributed by atoms with E-state index < -0.39 is 0 Å². The summed E-state index contributed by atoms with van der Waals surface area (Å²) >= 11 is 6.13. The molecule has 0 spiro atoms. The van der Waals surface area contributed by atoms with Gasteiger partial charge in [0, 0.05) is 18.8 Å². The lowest BCUT2D eigenvalue weighted by molar-refractivity contribution is -0.120. The molecule has 4 rings (SSSR count). The minimum atomic E-state index is -0.127. The fourth-order valence-electron chi connectivity index (χ4n) is 3.27. The number of piperidine rings is 1. The van der Waals surface area contributed by atoms with Crippen LogP contribution in [-0.2, 0) is 4.79 Å². The van der Waals surface area contributed by atoms with Gasteiger partial charge in [0.15, 0.2) is 5.65 Å². The molecule has 1 aromatic carbocycles. The lowest BCUT2D eigenvalue weighted by atomic mass is 9.97. The summed E-state index contributed by atoms with van der Waals surface area (Å²) < 4.78 is 6.78. The van der Waals surface area contributed by atoms with Crippen LogP contribution in [0.5, 0.6) is 5.75 Å². The predicted molar refractivity (Wildman–Crippen MR) is 102 cm³/mol. The van der Waals surface area contributed by atoms with Gasteiger partial charge >= 0.3 is 0 Å². The molecule has 1 N–H and O–H groups in total. The first kappa shape index (κ1) is 17.5. The molecule has 27 heavy (non-hydrogen) atoms. The molecule has 0 saturated carbocycles. The van der Waals surface area contributed by atoms with E-state index in [0.717, 1.165) is 25.2 Å². The fraction of sp³-hybridized carbons (Fsp3) is 0.333. The van der Waals surface area contributed by atoms with Gasteiger partial charge in [0.1, 0.15) is 17.9 Å². The molecule has 1 fully saturated rings. The van der Waals surface area contributed by atoms with E-state index in [2.05, 4.69) is 25.5 Å². The van der Waals surface area contributed by atoms with Crippen LogP contribution >= 0.6 is 11.6 Å². The van der Waals surface area contributed by atoms with E-state index in [1.165, 1.54) is 0 Å². The van der Waals surface area contributed by atoms with E-state index in [-0.39, 0.29) is 11.8 Å². The highest BCUT2D eigenvalue weighted by Crippen LogP contribution is 2.28. The zero-order chi connectivity index (χ0) is 18.8.